The molecule has 10 nitrogen and oxygen atoms in total. The van der Waals surface area contributed by atoms with Crippen LogP contribution < -0.4 is 10.7 Å². The third kappa shape index (κ3) is 3.89. The lowest BCUT2D eigenvalue weighted by atomic mass is 9.85. The number of hydrogen-bond acceptors (Lipinski definition) is 7. The number of methoxy groups -OCH3 is 1. The molecule has 5 rings (SSSR count). The molecule has 2 aromatic rings. The van der Waals surface area contributed by atoms with E-state index in [0.29, 0.717) is 30.9 Å². The Bertz CT molecular complexity index is 1390. The summed E-state index contributed by atoms with van der Waals surface area (Å²) in [4.78, 5) is 46.5. The van der Waals surface area contributed by atoms with Crippen LogP contribution in [0.5, 0.6) is 5.75 Å². The van der Waals surface area contributed by atoms with Crippen molar-refractivity contribution >= 4 is 17.7 Å². The van der Waals surface area contributed by atoms with Gasteiger partial charge in [-0.3, -0.25) is 14.4 Å². The van der Waals surface area contributed by atoms with Crippen molar-refractivity contribution in [1.29, 1.82) is 0 Å². The Kier molecular flexibility index (Phi) is 5.88. The number of rotatable bonds is 3. The van der Waals surface area contributed by atoms with E-state index in [1.165, 1.54) is 11.7 Å². The Balaban J connectivity index is 1.55. The third-order valence-corrected chi connectivity index (χ3v) is 7.30. The maximum Gasteiger partial charge on any atom is 0.274 e. The van der Waals surface area contributed by atoms with E-state index in [1.54, 1.807) is 4.90 Å². The number of amides is 2. The van der Waals surface area contributed by atoms with Crippen LogP contribution in [0.1, 0.15) is 58.6 Å². The van der Waals surface area contributed by atoms with Crippen molar-refractivity contribution in [2.75, 3.05) is 13.7 Å². The minimum atomic E-state index is -1.21. The Morgan fingerprint density at radius 1 is 1.30 bits per heavy atom. The first-order valence-electron chi connectivity index (χ1n) is 11.6. The number of carbonyl (C=O) groups excluding carboxylic acids is 2. The molecule has 3 aliphatic rings. The van der Waals surface area contributed by atoms with Crippen LogP contribution >= 0.6 is 0 Å². The van der Waals surface area contributed by atoms with Gasteiger partial charge in [-0.15, -0.1) is 0 Å². The van der Waals surface area contributed by atoms with E-state index in [-0.39, 0.29) is 24.7 Å². The highest BCUT2D eigenvalue weighted by Crippen LogP contribution is 2.46. The van der Waals surface area contributed by atoms with E-state index in [1.807, 2.05) is 6.92 Å². The lowest BCUT2D eigenvalue weighted by Gasteiger charge is -2.41. The number of aromatic nitrogens is 1. The molecule has 196 valence electrons. The zero-order valence-electron chi connectivity index (χ0n) is 19.9. The van der Waals surface area contributed by atoms with E-state index in [4.69, 9.17) is 9.57 Å². The first-order chi connectivity index (χ1) is 17.6. The fourth-order valence-electron chi connectivity index (χ4n) is 5.20. The molecule has 37 heavy (non-hydrogen) atoms. The molecule has 3 atom stereocenters. The van der Waals surface area contributed by atoms with Crippen LogP contribution in [0.2, 0.25) is 0 Å². The molecule has 1 fully saturated rings. The molecule has 1 saturated heterocycles. The monoisotopic (exact) mass is 520 g/mol. The lowest BCUT2D eigenvalue weighted by Crippen LogP contribution is -2.52. The van der Waals surface area contributed by atoms with Crippen molar-refractivity contribution in [1.82, 2.24) is 14.8 Å². The molecule has 13 heteroatoms. The summed E-state index contributed by atoms with van der Waals surface area (Å²) >= 11 is 0. The van der Waals surface area contributed by atoms with Crippen LogP contribution in [0.15, 0.2) is 28.3 Å². The van der Waals surface area contributed by atoms with Crippen molar-refractivity contribution in [3.05, 3.63) is 62.8 Å². The number of nitrogens with zero attached hydrogens (tertiary/aromatic N) is 3. The highest BCUT2D eigenvalue weighted by atomic mass is 19.1. The fourth-order valence-corrected chi connectivity index (χ4v) is 5.20. The van der Waals surface area contributed by atoms with Gasteiger partial charge < -0.3 is 29.5 Å². The second-order valence-electron chi connectivity index (χ2n) is 9.39. The highest BCUT2D eigenvalue weighted by molar-refractivity contribution is 5.99. The molecule has 0 aliphatic carbocycles. The number of halogens is 3. The van der Waals surface area contributed by atoms with Crippen LogP contribution in [0, 0.1) is 17.5 Å². The molecule has 2 bridgehead atoms. The Labute approximate surface area is 208 Å². The molecule has 0 saturated carbocycles. The van der Waals surface area contributed by atoms with Crippen molar-refractivity contribution in [2.45, 2.75) is 50.4 Å². The number of aromatic hydroxyl groups is 1. The largest absolute Gasteiger partial charge is 0.503 e. The second-order valence-corrected chi connectivity index (χ2v) is 9.39. The molecule has 2 amide bonds. The normalized spacial score (nSPS) is 24.3. The average Bonchev–Trinajstić information content (AvgIpc) is 3.23. The van der Waals surface area contributed by atoms with Gasteiger partial charge in [0.1, 0.15) is 23.0 Å². The summed E-state index contributed by atoms with van der Waals surface area (Å²) in [6, 6.07) is 0.0562. The van der Waals surface area contributed by atoms with Gasteiger partial charge in [0.2, 0.25) is 11.3 Å². The Morgan fingerprint density at radius 3 is 2.65 bits per heavy atom. The molecule has 1 spiro atoms. The van der Waals surface area contributed by atoms with Gasteiger partial charge in [-0.2, -0.15) is 0 Å². The van der Waals surface area contributed by atoms with Crippen molar-refractivity contribution in [3.63, 3.8) is 0 Å². The molecule has 4 heterocycles. The zero-order chi connectivity index (χ0) is 26.6. The SMILES string of the molecule is COC1=NO[C@]2(CC[C@H](C)N3C[C@H]2n2cc(C(=O)NCc4c(F)cc(F)cc4F)c(=O)c(O)c2C3=O)C1. The number of benzene rings is 1. The summed E-state index contributed by atoms with van der Waals surface area (Å²) in [5.74, 6) is -5.77. The summed E-state index contributed by atoms with van der Waals surface area (Å²) in [6.07, 6.45) is 2.42. The van der Waals surface area contributed by atoms with Gasteiger partial charge in [0, 0.05) is 43.0 Å². The topological polar surface area (TPSA) is 122 Å². The van der Waals surface area contributed by atoms with E-state index < -0.39 is 69.8 Å². The molecule has 1 aromatic carbocycles. The first kappa shape index (κ1) is 24.7. The van der Waals surface area contributed by atoms with Crippen molar-refractivity contribution < 1.29 is 37.4 Å². The number of hydrogen-bond donors (Lipinski definition) is 2. The van der Waals surface area contributed by atoms with E-state index >= 15 is 0 Å². The van der Waals surface area contributed by atoms with Gasteiger partial charge in [-0.05, 0) is 19.8 Å². The number of fused-ring (bicyclic) bond motifs is 5. The first-order valence-corrected chi connectivity index (χ1v) is 11.6. The van der Waals surface area contributed by atoms with Gasteiger partial charge in [-0.1, -0.05) is 5.16 Å². The number of ether oxygens (including phenoxy) is 1. The van der Waals surface area contributed by atoms with Gasteiger partial charge >= 0.3 is 0 Å². The standard InChI is InChI=1S/C24H23F3N4O6/c1-11-3-4-24(7-18(36-2)29-37-24)17-10-30(11)23(35)19-21(33)20(32)14(9-31(17)19)22(34)28-8-13-15(26)5-12(25)6-16(13)27/h5-6,9,11,17,33H,3-4,7-8,10H2,1-2H3,(H,28,34)/t11-,17+,24+/m0/s1. The lowest BCUT2D eigenvalue weighted by molar-refractivity contribution is -0.0655. The van der Waals surface area contributed by atoms with Crippen LogP contribution in [-0.4, -0.2) is 57.6 Å². The Hall–Kier alpha value is -4.03. The highest BCUT2D eigenvalue weighted by Gasteiger charge is 2.54. The molecule has 3 aliphatic heterocycles. The second kappa shape index (κ2) is 8.82. The summed E-state index contributed by atoms with van der Waals surface area (Å²) in [6.45, 7) is 1.32. The molecular weight excluding hydrogens is 497 g/mol. The van der Waals surface area contributed by atoms with Gasteiger partial charge in [0.05, 0.1) is 19.6 Å². The van der Waals surface area contributed by atoms with Crippen LogP contribution in [-0.2, 0) is 16.1 Å². The molecule has 2 N–H and O–H groups in total. The summed E-state index contributed by atoms with van der Waals surface area (Å²) in [5, 5.41) is 17.0. The number of pyridine rings is 1. The predicted octanol–water partition coefficient (Wildman–Crippen LogP) is 2.20. The van der Waals surface area contributed by atoms with Gasteiger partial charge in [0.15, 0.2) is 17.0 Å². The predicted molar refractivity (Wildman–Crippen MR) is 121 cm³/mol. The van der Waals surface area contributed by atoms with Crippen LogP contribution in [0.25, 0.3) is 0 Å². The molecule has 0 unspecified atom stereocenters. The maximum atomic E-state index is 14.0. The zero-order valence-corrected chi connectivity index (χ0v) is 19.9. The fraction of sp³-hybridized carbons (Fsp3) is 0.417. The Morgan fingerprint density at radius 2 is 2.00 bits per heavy atom. The third-order valence-electron chi connectivity index (χ3n) is 7.30. The van der Waals surface area contributed by atoms with E-state index in [2.05, 4.69) is 10.5 Å². The molecular formula is C24H23F3N4O6. The van der Waals surface area contributed by atoms with Gasteiger partial charge in [0.25, 0.3) is 11.8 Å². The summed E-state index contributed by atoms with van der Waals surface area (Å²) < 4.78 is 47.8. The number of oxime groups is 1. The van der Waals surface area contributed by atoms with E-state index in [0.717, 1.165) is 6.20 Å². The number of nitrogens with one attached hydrogen (secondary N) is 1. The quantitative estimate of drug-likeness (QED) is 0.640. The maximum absolute atomic E-state index is 14.0. The van der Waals surface area contributed by atoms with Crippen molar-refractivity contribution in [2.24, 2.45) is 5.16 Å². The smallest absolute Gasteiger partial charge is 0.274 e. The van der Waals surface area contributed by atoms with Crippen LogP contribution in [0.3, 0.4) is 0 Å². The average molecular weight is 520 g/mol. The van der Waals surface area contributed by atoms with Crippen LogP contribution in [0.4, 0.5) is 13.2 Å². The molecule has 0 radical (unpaired) electrons. The summed E-state index contributed by atoms with van der Waals surface area (Å²) in [7, 11) is 1.45. The minimum absolute atomic E-state index is 0.162. The molecule has 1 aromatic heterocycles. The summed E-state index contributed by atoms with van der Waals surface area (Å²) in [5.41, 5.74) is -3.55. The van der Waals surface area contributed by atoms with Crippen molar-refractivity contribution in [3.8, 4) is 5.75 Å². The minimum Gasteiger partial charge on any atom is -0.503 e. The number of carbonyl (C=O) groups is 2. The van der Waals surface area contributed by atoms with Gasteiger partial charge in [-0.25, -0.2) is 13.2 Å². The van der Waals surface area contributed by atoms with E-state index in [9.17, 15) is 32.7 Å².